The third-order valence-electron chi connectivity index (χ3n) is 5.21. The monoisotopic (exact) mass is 331 g/mol. The highest BCUT2D eigenvalue weighted by atomic mass is 16.5. The number of aliphatic hydroxyl groups is 1. The summed E-state index contributed by atoms with van der Waals surface area (Å²) in [6, 6.07) is 6.75. The Hall–Kier alpha value is -1.63. The predicted molar refractivity (Wildman–Crippen MR) is 92.3 cm³/mol. The van der Waals surface area contributed by atoms with Crippen molar-refractivity contribution in [2.75, 3.05) is 57.4 Å². The largest absolute Gasteiger partial charge is 0.423 e. The molecule has 0 bridgehead atoms. The summed E-state index contributed by atoms with van der Waals surface area (Å²) in [5.41, 5.74) is 2.91. The number of anilines is 1. The molecule has 6 heteroatoms. The number of hydrogen-bond donors (Lipinski definition) is 1. The van der Waals surface area contributed by atoms with E-state index in [1.807, 2.05) is 18.2 Å². The van der Waals surface area contributed by atoms with Crippen molar-refractivity contribution in [2.45, 2.75) is 6.92 Å². The van der Waals surface area contributed by atoms with E-state index in [2.05, 4.69) is 21.7 Å². The Morgan fingerprint density at radius 1 is 1.21 bits per heavy atom. The minimum Gasteiger partial charge on any atom is -0.423 e. The normalized spacial score (nSPS) is 25.7. The summed E-state index contributed by atoms with van der Waals surface area (Å²) >= 11 is 0. The van der Waals surface area contributed by atoms with Gasteiger partial charge in [0.2, 0.25) is 0 Å². The van der Waals surface area contributed by atoms with Crippen molar-refractivity contribution in [1.82, 2.24) is 9.88 Å². The van der Waals surface area contributed by atoms with Crippen LogP contribution >= 0.6 is 0 Å². The van der Waals surface area contributed by atoms with E-state index >= 15 is 0 Å². The van der Waals surface area contributed by atoms with Gasteiger partial charge < -0.3 is 19.2 Å². The minimum absolute atomic E-state index is 0.213. The van der Waals surface area contributed by atoms with Crippen molar-refractivity contribution in [3.8, 4) is 0 Å². The van der Waals surface area contributed by atoms with Crippen LogP contribution in [0.3, 0.4) is 0 Å². The number of aryl methyl sites for hydroxylation is 1. The molecule has 6 nitrogen and oxygen atoms in total. The first kappa shape index (κ1) is 15.9. The molecular formula is C18H25N3O3. The lowest BCUT2D eigenvalue weighted by molar-refractivity contribution is 0.0268. The van der Waals surface area contributed by atoms with E-state index in [0.29, 0.717) is 11.9 Å². The second-order valence-corrected chi connectivity index (χ2v) is 6.99. The lowest BCUT2D eigenvalue weighted by atomic mass is 9.96. The Morgan fingerprint density at radius 2 is 2.00 bits per heavy atom. The van der Waals surface area contributed by atoms with Crippen LogP contribution in [0.4, 0.5) is 6.01 Å². The summed E-state index contributed by atoms with van der Waals surface area (Å²) in [6.07, 6.45) is 0. The molecule has 4 rings (SSSR count). The lowest BCUT2D eigenvalue weighted by Gasteiger charge is -2.30. The van der Waals surface area contributed by atoms with Gasteiger partial charge in [-0.3, -0.25) is 4.90 Å². The summed E-state index contributed by atoms with van der Waals surface area (Å²) < 4.78 is 11.4. The van der Waals surface area contributed by atoms with Gasteiger partial charge in [-0.1, -0.05) is 6.07 Å². The van der Waals surface area contributed by atoms with E-state index in [4.69, 9.17) is 9.15 Å². The maximum atomic E-state index is 9.79. The van der Waals surface area contributed by atoms with Crippen LogP contribution in [0.1, 0.15) is 5.56 Å². The van der Waals surface area contributed by atoms with Crippen LogP contribution < -0.4 is 4.90 Å². The first-order chi connectivity index (χ1) is 11.7. The van der Waals surface area contributed by atoms with E-state index in [1.54, 1.807) is 0 Å². The molecule has 2 aromatic rings. The van der Waals surface area contributed by atoms with Crippen molar-refractivity contribution in [3.05, 3.63) is 23.8 Å². The fourth-order valence-electron chi connectivity index (χ4n) is 3.78. The molecule has 2 fully saturated rings. The zero-order chi connectivity index (χ0) is 16.5. The Morgan fingerprint density at radius 3 is 2.79 bits per heavy atom. The molecule has 2 saturated heterocycles. The van der Waals surface area contributed by atoms with Gasteiger partial charge in [-0.15, -0.1) is 0 Å². The molecule has 0 saturated carbocycles. The topological polar surface area (TPSA) is 62.0 Å². The average Bonchev–Trinajstić information content (AvgIpc) is 3.19. The summed E-state index contributed by atoms with van der Waals surface area (Å²) in [5.74, 6) is 0.703. The first-order valence-electron chi connectivity index (χ1n) is 8.76. The number of oxazole rings is 1. The van der Waals surface area contributed by atoms with Gasteiger partial charge in [-0.05, 0) is 30.5 Å². The number of fused-ring (bicyclic) bond motifs is 1. The molecule has 2 aliphatic rings. The van der Waals surface area contributed by atoms with E-state index in [1.165, 1.54) is 5.56 Å². The number of morpholine rings is 1. The molecule has 2 atom stereocenters. The molecule has 1 aromatic carbocycles. The third kappa shape index (κ3) is 3.14. The van der Waals surface area contributed by atoms with Gasteiger partial charge in [-0.2, -0.15) is 4.98 Å². The number of benzene rings is 1. The van der Waals surface area contributed by atoms with Crippen molar-refractivity contribution >= 4 is 17.1 Å². The second kappa shape index (κ2) is 6.70. The fraction of sp³-hybridized carbons (Fsp3) is 0.611. The van der Waals surface area contributed by atoms with Gasteiger partial charge in [0.15, 0.2) is 5.58 Å². The van der Waals surface area contributed by atoms with Crippen LogP contribution in [-0.4, -0.2) is 67.5 Å². The molecule has 2 aliphatic heterocycles. The maximum Gasteiger partial charge on any atom is 0.298 e. The molecule has 1 aromatic heterocycles. The highest BCUT2D eigenvalue weighted by molar-refractivity contribution is 5.75. The SMILES string of the molecule is Cc1ccc2oc(N3C[C@@H](CN4CCOCC4)[C@@H](CO)C3)nc2c1. The first-order valence-corrected chi connectivity index (χ1v) is 8.76. The lowest BCUT2D eigenvalue weighted by Crippen LogP contribution is -2.41. The van der Waals surface area contributed by atoms with Crippen LogP contribution in [0.5, 0.6) is 0 Å². The number of aromatic nitrogens is 1. The van der Waals surface area contributed by atoms with E-state index in [-0.39, 0.29) is 12.5 Å². The van der Waals surface area contributed by atoms with E-state index in [0.717, 1.165) is 57.0 Å². The molecule has 3 heterocycles. The second-order valence-electron chi connectivity index (χ2n) is 6.99. The molecule has 130 valence electrons. The predicted octanol–water partition coefficient (Wildman–Crippen LogP) is 1.51. The summed E-state index contributed by atoms with van der Waals surface area (Å²) in [7, 11) is 0. The fourth-order valence-corrected chi connectivity index (χ4v) is 3.78. The van der Waals surface area contributed by atoms with E-state index < -0.39 is 0 Å². The Balaban J connectivity index is 1.49. The Bertz CT molecular complexity index is 696. The molecule has 0 unspecified atom stereocenters. The maximum absolute atomic E-state index is 9.79. The highest BCUT2D eigenvalue weighted by Gasteiger charge is 2.35. The zero-order valence-corrected chi connectivity index (χ0v) is 14.1. The quantitative estimate of drug-likeness (QED) is 0.916. The van der Waals surface area contributed by atoms with Crippen molar-refractivity contribution < 1.29 is 14.3 Å². The van der Waals surface area contributed by atoms with Crippen LogP contribution in [0, 0.1) is 18.8 Å². The van der Waals surface area contributed by atoms with Crippen LogP contribution in [0.2, 0.25) is 0 Å². The average molecular weight is 331 g/mol. The molecule has 24 heavy (non-hydrogen) atoms. The number of rotatable bonds is 4. The Labute approximate surface area is 142 Å². The summed E-state index contributed by atoms with van der Waals surface area (Å²) in [6.45, 7) is 8.55. The zero-order valence-electron chi connectivity index (χ0n) is 14.1. The summed E-state index contributed by atoms with van der Waals surface area (Å²) in [4.78, 5) is 9.27. The summed E-state index contributed by atoms with van der Waals surface area (Å²) in [5, 5.41) is 9.79. The molecule has 0 amide bonds. The Kier molecular flexibility index (Phi) is 4.43. The number of nitrogens with zero attached hydrogens (tertiary/aromatic N) is 3. The molecular weight excluding hydrogens is 306 g/mol. The van der Waals surface area contributed by atoms with Crippen LogP contribution in [-0.2, 0) is 4.74 Å². The molecule has 0 radical (unpaired) electrons. The number of aliphatic hydroxyl groups excluding tert-OH is 1. The van der Waals surface area contributed by atoms with Gasteiger partial charge >= 0.3 is 0 Å². The van der Waals surface area contributed by atoms with Gasteiger partial charge in [0, 0.05) is 45.2 Å². The molecule has 0 spiro atoms. The van der Waals surface area contributed by atoms with Gasteiger partial charge in [0.1, 0.15) is 5.52 Å². The highest BCUT2D eigenvalue weighted by Crippen LogP contribution is 2.31. The van der Waals surface area contributed by atoms with Crippen molar-refractivity contribution in [3.63, 3.8) is 0 Å². The van der Waals surface area contributed by atoms with Gasteiger partial charge in [-0.25, -0.2) is 0 Å². The molecule has 0 aliphatic carbocycles. The smallest absolute Gasteiger partial charge is 0.298 e. The molecule has 1 N–H and O–H groups in total. The third-order valence-corrected chi connectivity index (χ3v) is 5.21. The van der Waals surface area contributed by atoms with Crippen LogP contribution in [0.15, 0.2) is 22.6 Å². The van der Waals surface area contributed by atoms with Crippen molar-refractivity contribution in [2.24, 2.45) is 11.8 Å². The van der Waals surface area contributed by atoms with E-state index in [9.17, 15) is 5.11 Å². The standard InChI is InChI=1S/C18H25N3O3/c1-13-2-3-17-16(8-13)19-18(24-17)21-10-14(15(11-21)12-22)9-20-4-6-23-7-5-20/h2-3,8,14-15,22H,4-7,9-12H2,1H3/t14-,15-/m1/s1. The number of hydrogen-bond acceptors (Lipinski definition) is 6. The van der Waals surface area contributed by atoms with Crippen molar-refractivity contribution in [1.29, 1.82) is 0 Å². The number of ether oxygens (including phenoxy) is 1. The van der Waals surface area contributed by atoms with Crippen LogP contribution in [0.25, 0.3) is 11.1 Å². The van der Waals surface area contributed by atoms with Gasteiger partial charge in [0.05, 0.1) is 13.2 Å². The minimum atomic E-state index is 0.213. The van der Waals surface area contributed by atoms with Gasteiger partial charge in [0.25, 0.3) is 6.01 Å².